The molecule has 1 fully saturated rings. The van der Waals surface area contributed by atoms with E-state index < -0.39 is 61.5 Å². The summed E-state index contributed by atoms with van der Waals surface area (Å²) >= 11 is 0. The second-order valence-corrected chi connectivity index (χ2v) is 4.75. The number of carboxylic acid groups (broad SMARTS) is 1. The number of alkyl halides is 2. The van der Waals surface area contributed by atoms with E-state index in [0.29, 0.717) is 0 Å². The Kier molecular flexibility index (Phi) is 5.35. The zero-order valence-electron chi connectivity index (χ0n) is 10.4. The molecule has 10 heteroatoms. The minimum Gasteiger partial charge on any atom is -0.477 e. The number of aliphatic carboxylic acids is 1. The molecule has 1 rings (SSSR count). The van der Waals surface area contributed by atoms with Crippen LogP contribution in [0.4, 0.5) is 8.78 Å². The van der Waals surface area contributed by atoms with E-state index in [1.165, 1.54) is 0 Å². The highest BCUT2D eigenvalue weighted by atomic mass is 19.3. The number of aliphatic hydroxyl groups is 4. The van der Waals surface area contributed by atoms with Crippen LogP contribution in [0.25, 0.3) is 0 Å². The fourth-order valence-corrected chi connectivity index (χ4v) is 1.98. The van der Waals surface area contributed by atoms with Gasteiger partial charge in [-0.2, -0.15) is 0 Å². The van der Waals surface area contributed by atoms with Gasteiger partial charge in [0.05, 0.1) is 13.0 Å². The zero-order valence-corrected chi connectivity index (χ0v) is 10.4. The Labute approximate surface area is 112 Å². The van der Waals surface area contributed by atoms with E-state index in [1.54, 1.807) is 0 Å². The van der Waals surface area contributed by atoms with Crippen LogP contribution < -0.4 is 5.73 Å². The molecular formula is C10H18F2NO7+. The fourth-order valence-electron chi connectivity index (χ4n) is 1.98. The van der Waals surface area contributed by atoms with Crippen LogP contribution in [-0.4, -0.2) is 80.6 Å². The molecule has 0 bridgehead atoms. The molecule has 0 aliphatic carbocycles. The van der Waals surface area contributed by atoms with Crippen molar-refractivity contribution in [3.63, 3.8) is 0 Å². The summed E-state index contributed by atoms with van der Waals surface area (Å²) in [6, 6.07) is -1.64. The van der Waals surface area contributed by atoms with Gasteiger partial charge in [0.15, 0.2) is 12.1 Å². The summed E-state index contributed by atoms with van der Waals surface area (Å²) in [6.45, 7) is -0.843. The van der Waals surface area contributed by atoms with E-state index in [4.69, 9.17) is 14.9 Å². The topological polar surface area (TPSA) is 155 Å². The van der Waals surface area contributed by atoms with Gasteiger partial charge in [0.25, 0.3) is 5.92 Å². The minimum atomic E-state index is -3.81. The standard InChI is InChI=1S/C10H17F2NO7/c11-10(12,1-3(13)9(18)19)8-7(17)6(16)5(15)4(2-14)20-8/h3-8,14-17H,1-2,13H2,(H,18,19)/p+1/t3-,4+,5-,6-,7+,8-/m0/s1. The lowest BCUT2D eigenvalue weighted by Gasteiger charge is -2.42. The number of aliphatic hydroxyl groups excluding tert-OH is 4. The lowest BCUT2D eigenvalue weighted by atomic mass is 9.89. The Morgan fingerprint density at radius 2 is 1.80 bits per heavy atom. The average Bonchev–Trinajstić information content (AvgIpc) is 2.35. The average molecular weight is 302 g/mol. The molecule has 0 radical (unpaired) electrons. The maximum Gasteiger partial charge on any atom is 0.362 e. The molecule has 1 heterocycles. The Bertz CT molecular complexity index is 354. The van der Waals surface area contributed by atoms with Crippen LogP contribution in [0.5, 0.6) is 0 Å². The maximum atomic E-state index is 13.9. The highest BCUT2D eigenvalue weighted by Crippen LogP contribution is 2.34. The van der Waals surface area contributed by atoms with Gasteiger partial charge in [0, 0.05) is 0 Å². The maximum absolute atomic E-state index is 13.9. The SMILES string of the molecule is [NH3+][C@@H](CC(F)(F)[C@H]1O[C@H](CO)[C@H](O)[C@H](O)[C@H]1O)C(=O)O. The quantitative estimate of drug-likeness (QED) is 0.308. The predicted octanol–water partition coefficient (Wildman–Crippen LogP) is -3.45. The zero-order chi connectivity index (χ0) is 15.7. The van der Waals surface area contributed by atoms with Crippen molar-refractivity contribution in [3.8, 4) is 0 Å². The number of rotatable bonds is 5. The number of hydrogen-bond acceptors (Lipinski definition) is 6. The summed E-state index contributed by atoms with van der Waals surface area (Å²) in [4.78, 5) is 10.5. The highest BCUT2D eigenvalue weighted by molar-refractivity contribution is 5.71. The number of carboxylic acids is 1. The molecule has 1 saturated heterocycles. The number of halogens is 2. The first-order chi connectivity index (χ1) is 9.11. The molecule has 8 nitrogen and oxygen atoms in total. The van der Waals surface area contributed by atoms with Gasteiger partial charge in [0.1, 0.15) is 24.4 Å². The molecule has 1 aliphatic rings. The lowest BCUT2D eigenvalue weighted by molar-refractivity contribution is -0.420. The third-order valence-corrected chi connectivity index (χ3v) is 3.18. The van der Waals surface area contributed by atoms with Gasteiger partial charge < -0.3 is 36.0 Å². The molecule has 6 atom stereocenters. The minimum absolute atomic E-state index is 0.843. The van der Waals surface area contributed by atoms with E-state index in [-0.39, 0.29) is 0 Å². The van der Waals surface area contributed by atoms with Gasteiger partial charge in [-0.05, 0) is 0 Å². The van der Waals surface area contributed by atoms with Crippen LogP contribution in [0.1, 0.15) is 6.42 Å². The van der Waals surface area contributed by atoms with Crippen molar-refractivity contribution in [3.05, 3.63) is 0 Å². The third-order valence-electron chi connectivity index (χ3n) is 3.18. The Morgan fingerprint density at radius 3 is 2.25 bits per heavy atom. The molecule has 0 amide bonds. The highest BCUT2D eigenvalue weighted by Gasteiger charge is 2.55. The molecule has 0 saturated carbocycles. The molecule has 8 N–H and O–H groups in total. The third kappa shape index (κ3) is 3.40. The molecule has 118 valence electrons. The van der Waals surface area contributed by atoms with Gasteiger partial charge in [-0.1, -0.05) is 0 Å². The van der Waals surface area contributed by atoms with Gasteiger partial charge >= 0.3 is 5.97 Å². The van der Waals surface area contributed by atoms with E-state index in [1.807, 2.05) is 0 Å². The molecule has 1 aliphatic heterocycles. The largest absolute Gasteiger partial charge is 0.477 e. The lowest BCUT2D eigenvalue weighted by Crippen LogP contribution is -2.69. The first kappa shape index (κ1) is 17.1. The van der Waals surface area contributed by atoms with E-state index in [0.717, 1.165) is 0 Å². The van der Waals surface area contributed by atoms with Crippen LogP contribution in [0.3, 0.4) is 0 Å². The summed E-state index contributed by atoms with van der Waals surface area (Å²) in [6.07, 6.45) is -10.8. The molecule has 0 aromatic carbocycles. The molecule has 0 spiro atoms. The van der Waals surface area contributed by atoms with Gasteiger partial charge in [0.2, 0.25) is 0 Å². The summed E-state index contributed by atoms with van der Waals surface area (Å²) in [5, 5.41) is 45.9. The van der Waals surface area contributed by atoms with Crippen LogP contribution in [0.15, 0.2) is 0 Å². The monoisotopic (exact) mass is 302 g/mol. The molecular weight excluding hydrogens is 284 g/mol. The number of quaternary nitrogens is 1. The second-order valence-electron chi connectivity index (χ2n) is 4.75. The summed E-state index contributed by atoms with van der Waals surface area (Å²) in [5.41, 5.74) is 3.04. The fraction of sp³-hybridized carbons (Fsp3) is 0.900. The first-order valence-corrected chi connectivity index (χ1v) is 5.86. The second kappa shape index (κ2) is 6.24. The van der Waals surface area contributed by atoms with Gasteiger partial charge in [-0.15, -0.1) is 0 Å². The van der Waals surface area contributed by atoms with Gasteiger partial charge in [-0.25, -0.2) is 13.6 Å². The van der Waals surface area contributed by atoms with Crippen molar-refractivity contribution < 1.29 is 49.6 Å². The van der Waals surface area contributed by atoms with Crippen LogP contribution in [0, 0.1) is 0 Å². The van der Waals surface area contributed by atoms with E-state index in [2.05, 4.69) is 5.73 Å². The van der Waals surface area contributed by atoms with Crippen molar-refractivity contribution >= 4 is 5.97 Å². The first-order valence-electron chi connectivity index (χ1n) is 5.86. The number of carbonyl (C=O) groups is 1. The summed E-state index contributed by atoms with van der Waals surface area (Å²) < 4.78 is 32.5. The van der Waals surface area contributed by atoms with Crippen molar-refractivity contribution in [2.24, 2.45) is 0 Å². The van der Waals surface area contributed by atoms with Crippen molar-refractivity contribution in [1.29, 1.82) is 0 Å². The van der Waals surface area contributed by atoms with Crippen LogP contribution in [-0.2, 0) is 9.53 Å². The van der Waals surface area contributed by atoms with Crippen LogP contribution >= 0.6 is 0 Å². The number of ether oxygens (including phenoxy) is 1. The molecule has 0 aromatic heterocycles. The van der Waals surface area contributed by atoms with Crippen molar-refractivity contribution in [2.75, 3.05) is 6.61 Å². The Hall–Kier alpha value is -0.910. The predicted molar refractivity (Wildman–Crippen MR) is 57.6 cm³/mol. The normalized spacial score (nSPS) is 36.6. The van der Waals surface area contributed by atoms with Crippen LogP contribution in [0.2, 0.25) is 0 Å². The van der Waals surface area contributed by atoms with E-state index >= 15 is 0 Å². The van der Waals surface area contributed by atoms with E-state index in [9.17, 15) is 28.9 Å². The Balaban J connectivity index is 2.89. The Morgan fingerprint density at radius 1 is 1.25 bits per heavy atom. The molecule has 0 unspecified atom stereocenters. The van der Waals surface area contributed by atoms with Gasteiger partial charge in [-0.3, -0.25) is 0 Å². The van der Waals surface area contributed by atoms with Crippen molar-refractivity contribution in [1.82, 2.24) is 0 Å². The summed E-state index contributed by atoms with van der Waals surface area (Å²) in [5.74, 6) is -5.35. The number of hydrogen-bond donors (Lipinski definition) is 6. The van der Waals surface area contributed by atoms with Crippen molar-refractivity contribution in [2.45, 2.75) is 48.9 Å². The molecule has 0 aromatic rings. The summed E-state index contributed by atoms with van der Waals surface area (Å²) in [7, 11) is 0. The smallest absolute Gasteiger partial charge is 0.362 e. The molecule has 20 heavy (non-hydrogen) atoms.